The SMILES string of the molecule is CC(C)C(=O)OCC1(c2ccc(-c3nc4cc(O[C@@H]5COC6C5OC[C@H]6OC(=O)C(C)C)[nH]c4cc3Cl)cc2)CC1. The molecular weight excluding hydrogens is 548 g/mol. The average Bonchev–Trinajstić information content (AvgIpc) is 3.25. The van der Waals surface area contributed by atoms with Gasteiger partial charge >= 0.3 is 11.9 Å². The number of aromatic amines is 1. The molecule has 2 aromatic heterocycles. The van der Waals surface area contributed by atoms with Crippen molar-refractivity contribution in [2.45, 2.75) is 70.4 Å². The highest BCUT2D eigenvalue weighted by atomic mass is 35.5. The van der Waals surface area contributed by atoms with E-state index in [0.29, 0.717) is 35.3 Å². The third kappa shape index (κ3) is 5.55. The van der Waals surface area contributed by atoms with Crippen LogP contribution in [0.5, 0.6) is 5.88 Å². The molecular formula is C31H35ClN2O7. The summed E-state index contributed by atoms with van der Waals surface area (Å²) in [6, 6.07) is 11.9. The van der Waals surface area contributed by atoms with E-state index in [-0.39, 0.29) is 54.1 Å². The van der Waals surface area contributed by atoms with Crippen LogP contribution in [0.15, 0.2) is 36.4 Å². The monoisotopic (exact) mass is 582 g/mol. The molecule has 1 N–H and O–H groups in total. The topological polar surface area (TPSA) is 109 Å². The third-order valence-electron chi connectivity index (χ3n) is 8.10. The molecule has 3 aliphatic rings. The summed E-state index contributed by atoms with van der Waals surface area (Å²) in [6.45, 7) is 8.29. The van der Waals surface area contributed by atoms with E-state index in [9.17, 15) is 9.59 Å². The molecule has 2 saturated heterocycles. The maximum Gasteiger partial charge on any atom is 0.308 e. The Morgan fingerprint density at radius 3 is 2.32 bits per heavy atom. The summed E-state index contributed by atoms with van der Waals surface area (Å²) in [4.78, 5) is 32.1. The van der Waals surface area contributed by atoms with Crippen LogP contribution in [0.25, 0.3) is 22.3 Å². The lowest BCUT2D eigenvalue weighted by Crippen LogP contribution is -2.36. The van der Waals surface area contributed by atoms with Gasteiger partial charge in [-0.05, 0) is 24.5 Å². The minimum absolute atomic E-state index is 0.0980. The number of fused-ring (bicyclic) bond motifs is 2. The maximum atomic E-state index is 12.0. The fourth-order valence-electron chi connectivity index (χ4n) is 5.38. The molecule has 3 aromatic rings. The smallest absolute Gasteiger partial charge is 0.308 e. The van der Waals surface area contributed by atoms with E-state index in [1.807, 2.05) is 38.1 Å². The van der Waals surface area contributed by atoms with E-state index >= 15 is 0 Å². The summed E-state index contributed by atoms with van der Waals surface area (Å²) in [7, 11) is 0. The van der Waals surface area contributed by atoms with Crippen LogP contribution in [-0.4, -0.2) is 66.1 Å². The molecule has 3 fully saturated rings. The predicted molar refractivity (Wildman–Crippen MR) is 152 cm³/mol. The van der Waals surface area contributed by atoms with Crippen LogP contribution >= 0.6 is 11.6 Å². The van der Waals surface area contributed by atoms with Gasteiger partial charge in [-0.1, -0.05) is 63.6 Å². The normalized spacial score (nSPS) is 24.6. The number of H-pyrrole nitrogens is 1. The number of benzene rings is 1. The number of pyridine rings is 1. The number of esters is 2. The van der Waals surface area contributed by atoms with Gasteiger partial charge < -0.3 is 28.7 Å². The molecule has 2 unspecified atom stereocenters. The minimum Gasteiger partial charge on any atom is -0.470 e. The highest BCUT2D eigenvalue weighted by Gasteiger charge is 2.51. The lowest BCUT2D eigenvalue weighted by atomic mass is 9.95. The largest absolute Gasteiger partial charge is 0.470 e. The second kappa shape index (κ2) is 10.9. The average molecular weight is 583 g/mol. The van der Waals surface area contributed by atoms with Crippen LogP contribution in [0, 0.1) is 11.8 Å². The van der Waals surface area contributed by atoms with Crippen molar-refractivity contribution < 1.29 is 33.3 Å². The number of ether oxygens (including phenoxy) is 5. The Bertz CT molecular complexity index is 1450. The Hall–Kier alpha value is -3.14. The lowest BCUT2D eigenvalue weighted by molar-refractivity contribution is -0.157. The van der Waals surface area contributed by atoms with E-state index in [1.165, 1.54) is 0 Å². The summed E-state index contributed by atoms with van der Waals surface area (Å²) in [5, 5.41) is 0.517. The van der Waals surface area contributed by atoms with E-state index in [1.54, 1.807) is 13.8 Å². The van der Waals surface area contributed by atoms with Gasteiger partial charge in [-0.15, -0.1) is 0 Å². The fraction of sp³-hybridized carbons (Fsp3) is 0.516. The van der Waals surface area contributed by atoms with Crippen LogP contribution < -0.4 is 4.74 Å². The quantitative estimate of drug-likeness (QED) is 0.342. The van der Waals surface area contributed by atoms with Gasteiger partial charge in [0, 0.05) is 17.0 Å². The minimum atomic E-state index is -0.439. The van der Waals surface area contributed by atoms with Gasteiger partial charge in [0.15, 0.2) is 18.1 Å². The number of carbonyl (C=O) groups is 2. The maximum absolute atomic E-state index is 12.0. The van der Waals surface area contributed by atoms with Gasteiger partial charge in [0.2, 0.25) is 0 Å². The number of aromatic nitrogens is 2. The molecule has 10 heteroatoms. The molecule has 4 heterocycles. The molecule has 0 amide bonds. The summed E-state index contributed by atoms with van der Waals surface area (Å²) in [6.07, 6.45) is 0.513. The molecule has 4 atom stereocenters. The number of carbonyl (C=O) groups excluding carboxylic acids is 2. The zero-order chi connectivity index (χ0) is 28.9. The second-order valence-electron chi connectivity index (χ2n) is 11.9. The van der Waals surface area contributed by atoms with Gasteiger partial charge in [0.1, 0.15) is 18.8 Å². The van der Waals surface area contributed by atoms with Gasteiger partial charge in [-0.2, -0.15) is 0 Å². The number of rotatable bonds is 9. The van der Waals surface area contributed by atoms with Crippen LogP contribution in [0.3, 0.4) is 0 Å². The molecule has 2 aliphatic heterocycles. The van der Waals surface area contributed by atoms with Crippen molar-refractivity contribution in [2.75, 3.05) is 19.8 Å². The molecule has 1 saturated carbocycles. The van der Waals surface area contributed by atoms with E-state index < -0.39 is 6.10 Å². The summed E-state index contributed by atoms with van der Waals surface area (Å²) >= 11 is 6.66. The highest BCUT2D eigenvalue weighted by Crippen LogP contribution is 2.49. The summed E-state index contributed by atoms with van der Waals surface area (Å²) in [5.41, 5.74) is 4.09. The molecule has 41 heavy (non-hydrogen) atoms. The Labute approximate surface area is 243 Å². The zero-order valence-electron chi connectivity index (χ0n) is 23.6. The van der Waals surface area contributed by atoms with Crippen LogP contribution in [0.2, 0.25) is 5.02 Å². The van der Waals surface area contributed by atoms with Gasteiger partial charge in [0.05, 0.1) is 46.8 Å². The zero-order valence-corrected chi connectivity index (χ0v) is 24.4. The predicted octanol–water partition coefficient (Wildman–Crippen LogP) is 5.23. The molecule has 1 aromatic carbocycles. The number of nitrogens with one attached hydrogen (secondary N) is 1. The third-order valence-corrected chi connectivity index (χ3v) is 8.39. The van der Waals surface area contributed by atoms with E-state index in [4.69, 9.17) is 40.3 Å². The molecule has 0 spiro atoms. The van der Waals surface area contributed by atoms with Crippen molar-refractivity contribution >= 4 is 34.6 Å². The number of halogens is 1. The molecule has 0 radical (unpaired) electrons. The van der Waals surface area contributed by atoms with Crippen molar-refractivity contribution in [3.8, 4) is 17.1 Å². The summed E-state index contributed by atoms with van der Waals surface area (Å²) in [5.74, 6) is -0.256. The van der Waals surface area contributed by atoms with E-state index in [0.717, 1.165) is 29.5 Å². The second-order valence-corrected chi connectivity index (χ2v) is 12.3. The Morgan fingerprint density at radius 1 is 1.00 bits per heavy atom. The Morgan fingerprint density at radius 2 is 1.66 bits per heavy atom. The van der Waals surface area contributed by atoms with Gasteiger partial charge in [-0.3, -0.25) is 9.59 Å². The molecule has 9 nitrogen and oxygen atoms in total. The first-order valence-corrected chi connectivity index (χ1v) is 14.6. The summed E-state index contributed by atoms with van der Waals surface area (Å²) < 4.78 is 29.1. The van der Waals surface area contributed by atoms with E-state index in [2.05, 4.69) is 17.1 Å². The standard InChI is InChI=1S/C31H35ClN2O7/c1-16(2)29(35)39-15-31(9-10-31)19-7-5-18(6-8-19)26-20(32)11-21-22(34-26)12-25(33-21)40-23-13-37-28-24(14-38-27(23)28)41-30(36)17(3)4/h5-8,11-12,16-17,23-24,27-28,33H,9-10,13-15H2,1-4H3/t23-,24-,27?,28?/m1/s1. The van der Waals surface area contributed by atoms with Crippen molar-refractivity contribution in [3.63, 3.8) is 0 Å². The fourth-order valence-corrected chi connectivity index (χ4v) is 5.64. The molecule has 218 valence electrons. The lowest BCUT2D eigenvalue weighted by Gasteiger charge is -2.18. The van der Waals surface area contributed by atoms with Gasteiger partial charge in [-0.25, -0.2) is 4.98 Å². The first-order valence-electron chi connectivity index (χ1n) is 14.2. The number of nitrogens with zero attached hydrogens (tertiary/aromatic N) is 1. The highest BCUT2D eigenvalue weighted by molar-refractivity contribution is 6.33. The number of hydrogen-bond acceptors (Lipinski definition) is 8. The van der Waals surface area contributed by atoms with Crippen molar-refractivity contribution in [1.82, 2.24) is 9.97 Å². The van der Waals surface area contributed by atoms with Gasteiger partial charge in [0.25, 0.3) is 0 Å². The Balaban J connectivity index is 1.14. The molecule has 0 bridgehead atoms. The van der Waals surface area contributed by atoms with Crippen LogP contribution in [0.1, 0.15) is 46.1 Å². The van der Waals surface area contributed by atoms with Crippen LogP contribution in [0.4, 0.5) is 0 Å². The first-order chi connectivity index (χ1) is 19.6. The van der Waals surface area contributed by atoms with Crippen molar-refractivity contribution in [2.24, 2.45) is 11.8 Å². The molecule has 1 aliphatic carbocycles. The van der Waals surface area contributed by atoms with Crippen molar-refractivity contribution in [1.29, 1.82) is 0 Å². The van der Waals surface area contributed by atoms with Crippen LogP contribution in [-0.2, 0) is 34.0 Å². The molecule has 6 rings (SSSR count). The number of hydrogen-bond donors (Lipinski definition) is 1. The first kappa shape index (κ1) is 28.0. The van der Waals surface area contributed by atoms with Crippen molar-refractivity contribution in [3.05, 3.63) is 47.0 Å². The Kier molecular flexibility index (Phi) is 7.46.